The van der Waals surface area contributed by atoms with Crippen molar-refractivity contribution in [1.29, 1.82) is 0 Å². The highest BCUT2D eigenvalue weighted by atomic mass is 79.9. The number of hydrazine groups is 1. The molecule has 0 bridgehead atoms. The highest BCUT2D eigenvalue weighted by Crippen LogP contribution is 2.34. The number of halogens is 1. The molecule has 3 aromatic rings. The number of hydrogen-bond acceptors (Lipinski definition) is 5. The molecule has 0 aliphatic rings. The van der Waals surface area contributed by atoms with Crippen molar-refractivity contribution in [3.8, 4) is 11.5 Å². The van der Waals surface area contributed by atoms with Crippen molar-refractivity contribution in [1.82, 2.24) is 10.4 Å². The standard InChI is InChI=1S/C21H22BrN3O2/c1-26-20-13-17(7-12-24-25-18-8-10-23-11-9-18)19(22)14-21(20)27-15-16-5-3-2-4-6-16/h2-6,8-11,13-14,24H,7,12,15H2,1H3,(H,23,25). The van der Waals surface area contributed by atoms with E-state index in [2.05, 4.69) is 31.8 Å². The van der Waals surface area contributed by atoms with Crippen LogP contribution in [-0.2, 0) is 13.0 Å². The third-order valence-corrected chi connectivity index (χ3v) is 4.74. The van der Waals surface area contributed by atoms with Crippen molar-refractivity contribution in [2.45, 2.75) is 13.0 Å². The average Bonchev–Trinajstić information content (AvgIpc) is 2.72. The van der Waals surface area contributed by atoms with E-state index in [4.69, 9.17) is 9.47 Å². The Bertz CT molecular complexity index is 845. The second-order valence-corrected chi connectivity index (χ2v) is 6.76. The Morgan fingerprint density at radius 2 is 1.78 bits per heavy atom. The minimum absolute atomic E-state index is 0.500. The molecule has 0 amide bonds. The summed E-state index contributed by atoms with van der Waals surface area (Å²) in [5.41, 5.74) is 9.59. The van der Waals surface area contributed by atoms with Gasteiger partial charge in [0.25, 0.3) is 0 Å². The van der Waals surface area contributed by atoms with Crippen molar-refractivity contribution < 1.29 is 9.47 Å². The summed E-state index contributed by atoms with van der Waals surface area (Å²) < 4.78 is 12.5. The number of aromatic nitrogens is 1. The first-order valence-corrected chi connectivity index (χ1v) is 9.47. The van der Waals surface area contributed by atoms with E-state index in [0.29, 0.717) is 6.61 Å². The number of pyridine rings is 1. The lowest BCUT2D eigenvalue weighted by Gasteiger charge is -2.15. The lowest BCUT2D eigenvalue weighted by atomic mass is 10.1. The molecule has 3 rings (SSSR count). The van der Waals surface area contributed by atoms with Gasteiger partial charge in [0.2, 0.25) is 0 Å². The first kappa shape index (κ1) is 19.2. The molecule has 0 atom stereocenters. The van der Waals surface area contributed by atoms with Gasteiger partial charge < -0.3 is 14.9 Å². The zero-order chi connectivity index (χ0) is 18.9. The summed E-state index contributed by atoms with van der Waals surface area (Å²) in [4.78, 5) is 3.99. The van der Waals surface area contributed by atoms with Crippen molar-refractivity contribution in [3.05, 3.63) is 82.6 Å². The molecule has 1 heterocycles. The molecule has 0 fully saturated rings. The number of nitrogens with one attached hydrogen (secondary N) is 2. The zero-order valence-electron chi connectivity index (χ0n) is 15.1. The molecule has 0 saturated carbocycles. The van der Waals surface area contributed by atoms with Gasteiger partial charge in [-0.15, -0.1) is 0 Å². The molecule has 6 heteroatoms. The molecule has 0 aliphatic carbocycles. The van der Waals surface area contributed by atoms with Gasteiger partial charge in [0, 0.05) is 23.4 Å². The lowest BCUT2D eigenvalue weighted by molar-refractivity contribution is 0.284. The number of nitrogens with zero attached hydrogens (tertiary/aromatic N) is 1. The Morgan fingerprint density at radius 3 is 2.52 bits per heavy atom. The minimum atomic E-state index is 0.500. The van der Waals surface area contributed by atoms with E-state index < -0.39 is 0 Å². The molecule has 140 valence electrons. The quantitative estimate of drug-likeness (QED) is 0.386. The van der Waals surface area contributed by atoms with Crippen molar-refractivity contribution >= 4 is 21.6 Å². The SMILES string of the molecule is COc1cc(CCNNc2ccncc2)c(Br)cc1OCc1ccccc1. The van der Waals surface area contributed by atoms with Gasteiger partial charge >= 0.3 is 0 Å². The van der Waals surface area contributed by atoms with Crippen molar-refractivity contribution in [2.24, 2.45) is 0 Å². The Kier molecular flexibility index (Phi) is 7.07. The number of hydrogen-bond donors (Lipinski definition) is 2. The predicted octanol–water partition coefficient (Wildman–Crippen LogP) is 4.59. The van der Waals surface area contributed by atoms with Crippen LogP contribution in [0, 0.1) is 0 Å². The summed E-state index contributed by atoms with van der Waals surface area (Å²) in [5.74, 6) is 1.45. The summed E-state index contributed by atoms with van der Waals surface area (Å²) in [7, 11) is 1.66. The van der Waals surface area contributed by atoms with E-state index in [0.717, 1.165) is 45.8 Å². The second kappa shape index (κ2) is 9.94. The van der Waals surface area contributed by atoms with Gasteiger partial charge in [0.1, 0.15) is 6.61 Å². The van der Waals surface area contributed by atoms with Gasteiger partial charge in [0.15, 0.2) is 11.5 Å². The largest absolute Gasteiger partial charge is 0.493 e. The van der Waals surface area contributed by atoms with Crippen LogP contribution < -0.4 is 20.3 Å². The Morgan fingerprint density at radius 1 is 1.00 bits per heavy atom. The van der Waals surface area contributed by atoms with Gasteiger partial charge in [-0.05, 0) is 41.8 Å². The topological polar surface area (TPSA) is 55.4 Å². The fraction of sp³-hybridized carbons (Fsp3) is 0.190. The predicted molar refractivity (Wildman–Crippen MR) is 111 cm³/mol. The van der Waals surface area contributed by atoms with E-state index >= 15 is 0 Å². The Labute approximate surface area is 167 Å². The summed E-state index contributed by atoms with van der Waals surface area (Å²) in [6.07, 6.45) is 4.33. The van der Waals surface area contributed by atoms with Crippen LogP contribution in [0.25, 0.3) is 0 Å². The molecule has 27 heavy (non-hydrogen) atoms. The Balaban J connectivity index is 1.58. The van der Waals surface area contributed by atoms with Gasteiger partial charge in [-0.1, -0.05) is 46.3 Å². The molecule has 0 spiro atoms. The molecule has 5 nitrogen and oxygen atoms in total. The van der Waals surface area contributed by atoms with Gasteiger partial charge in [-0.3, -0.25) is 4.98 Å². The van der Waals surface area contributed by atoms with Gasteiger partial charge in [0.05, 0.1) is 12.8 Å². The molecule has 2 N–H and O–H groups in total. The number of rotatable bonds is 9. The number of anilines is 1. The molecule has 0 unspecified atom stereocenters. The van der Waals surface area contributed by atoms with Gasteiger partial charge in [-0.25, -0.2) is 5.43 Å². The smallest absolute Gasteiger partial charge is 0.162 e. The number of ether oxygens (including phenoxy) is 2. The molecule has 0 radical (unpaired) electrons. The summed E-state index contributed by atoms with van der Waals surface area (Å²) in [6.45, 7) is 1.26. The summed E-state index contributed by atoms with van der Waals surface area (Å²) >= 11 is 3.64. The van der Waals surface area contributed by atoms with Crippen LogP contribution in [0.5, 0.6) is 11.5 Å². The fourth-order valence-electron chi connectivity index (χ4n) is 2.57. The maximum Gasteiger partial charge on any atom is 0.162 e. The van der Waals surface area contributed by atoms with Crippen molar-refractivity contribution in [3.63, 3.8) is 0 Å². The van der Waals surface area contributed by atoms with E-state index in [9.17, 15) is 0 Å². The molecule has 1 aromatic heterocycles. The molecule has 0 aliphatic heterocycles. The van der Waals surface area contributed by atoms with Gasteiger partial charge in [-0.2, -0.15) is 0 Å². The third-order valence-electron chi connectivity index (χ3n) is 4.00. The molecular formula is C21H22BrN3O2. The average molecular weight is 428 g/mol. The second-order valence-electron chi connectivity index (χ2n) is 5.91. The Hall–Kier alpha value is -2.57. The highest BCUT2D eigenvalue weighted by molar-refractivity contribution is 9.10. The van der Waals surface area contributed by atoms with E-state index in [1.807, 2.05) is 54.6 Å². The molecule has 2 aromatic carbocycles. The maximum absolute atomic E-state index is 5.94. The highest BCUT2D eigenvalue weighted by Gasteiger charge is 2.10. The maximum atomic E-state index is 5.94. The number of benzene rings is 2. The van der Waals surface area contributed by atoms with E-state index in [1.165, 1.54) is 0 Å². The third kappa shape index (κ3) is 5.70. The molecule has 0 saturated heterocycles. The van der Waals surface area contributed by atoms with Crippen LogP contribution >= 0.6 is 15.9 Å². The van der Waals surface area contributed by atoms with Crippen LogP contribution in [0.2, 0.25) is 0 Å². The lowest BCUT2D eigenvalue weighted by Crippen LogP contribution is -2.24. The van der Waals surface area contributed by atoms with E-state index in [-0.39, 0.29) is 0 Å². The first-order chi connectivity index (χ1) is 13.3. The zero-order valence-corrected chi connectivity index (χ0v) is 16.7. The number of methoxy groups -OCH3 is 1. The normalized spacial score (nSPS) is 10.4. The van der Waals surface area contributed by atoms with E-state index in [1.54, 1.807) is 19.5 Å². The van der Waals surface area contributed by atoms with Crippen LogP contribution in [0.3, 0.4) is 0 Å². The van der Waals surface area contributed by atoms with Crippen LogP contribution in [0.15, 0.2) is 71.5 Å². The summed E-state index contributed by atoms with van der Waals surface area (Å²) in [6, 6.07) is 17.9. The van der Waals surface area contributed by atoms with Crippen LogP contribution in [-0.4, -0.2) is 18.6 Å². The molecular weight excluding hydrogens is 406 g/mol. The van der Waals surface area contributed by atoms with Crippen LogP contribution in [0.4, 0.5) is 5.69 Å². The first-order valence-electron chi connectivity index (χ1n) is 8.68. The monoisotopic (exact) mass is 427 g/mol. The van der Waals surface area contributed by atoms with Crippen LogP contribution in [0.1, 0.15) is 11.1 Å². The van der Waals surface area contributed by atoms with Crippen molar-refractivity contribution in [2.75, 3.05) is 19.1 Å². The fourth-order valence-corrected chi connectivity index (χ4v) is 3.09. The minimum Gasteiger partial charge on any atom is -0.493 e. The summed E-state index contributed by atoms with van der Waals surface area (Å²) in [5, 5.41) is 0.